The number of nitrogens with one attached hydrogen (secondary N) is 1. The summed E-state index contributed by atoms with van der Waals surface area (Å²) in [6.07, 6.45) is 7.87. The Morgan fingerprint density at radius 3 is 2.24 bits per heavy atom. The first kappa shape index (κ1) is 33.3. The molecule has 5 heterocycles. The highest BCUT2D eigenvalue weighted by Crippen LogP contribution is 2.37. The lowest BCUT2D eigenvalue weighted by molar-refractivity contribution is -0.169. The first-order valence-corrected chi connectivity index (χ1v) is 18.0. The van der Waals surface area contributed by atoms with Crippen LogP contribution in [-0.2, 0) is 33.9 Å². The minimum Gasteiger partial charge on any atom is -0.497 e. The fraction of sp³-hybridized carbons (Fsp3) is 0.366. The lowest BCUT2D eigenvalue weighted by Gasteiger charge is -2.24. The SMILES string of the molecule is COc1ccc(CNc2nc3cc(-c4ccnn4C4CCCCO4)ccc3c3c2cc(COC2CCCCO2)n3Cc2ccc(OC)cc2)cc1. The summed E-state index contributed by atoms with van der Waals surface area (Å²) in [5, 5.41) is 10.5. The van der Waals surface area contributed by atoms with E-state index in [0.717, 1.165) is 119 Å². The fourth-order valence-electron chi connectivity index (χ4n) is 7.22. The van der Waals surface area contributed by atoms with Gasteiger partial charge in [-0.2, -0.15) is 5.10 Å². The zero-order chi connectivity index (χ0) is 34.6. The minimum atomic E-state index is -0.200. The van der Waals surface area contributed by atoms with Gasteiger partial charge in [-0.05, 0) is 92.1 Å². The van der Waals surface area contributed by atoms with E-state index in [1.54, 1.807) is 14.2 Å². The number of rotatable bonds is 12. The van der Waals surface area contributed by atoms with Crippen LogP contribution in [0.5, 0.6) is 11.5 Å². The Morgan fingerprint density at radius 1 is 0.784 bits per heavy atom. The van der Waals surface area contributed by atoms with Gasteiger partial charge >= 0.3 is 0 Å². The van der Waals surface area contributed by atoms with E-state index >= 15 is 0 Å². The number of ether oxygens (including phenoxy) is 5. The van der Waals surface area contributed by atoms with E-state index in [4.69, 9.17) is 28.7 Å². The van der Waals surface area contributed by atoms with Crippen molar-refractivity contribution >= 4 is 27.6 Å². The Morgan fingerprint density at radius 2 is 1.53 bits per heavy atom. The molecule has 2 fully saturated rings. The minimum absolute atomic E-state index is 0.0611. The molecule has 51 heavy (non-hydrogen) atoms. The highest BCUT2D eigenvalue weighted by atomic mass is 16.7. The number of hydrogen-bond donors (Lipinski definition) is 1. The first-order valence-electron chi connectivity index (χ1n) is 18.0. The molecule has 2 unspecified atom stereocenters. The summed E-state index contributed by atoms with van der Waals surface area (Å²) >= 11 is 0. The van der Waals surface area contributed by atoms with Gasteiger partial charge in [-0.25, -0.2) is 9.67 Å². The molecule has 3 aromatic heterocycles. The molecule has 0 aliphatic carbocycles. The number of hydrogen-bond acceptors (Lipinski definition) is 8. The topological polar surface area (TPSA) is 93.8 Å². The molecule has 6 aromatic rings. The largest absolute Gasteiger partial charge is 0.497 e. The first-order chi connectivity index (χ1) is 25.2. The fourth-order valence-corrected chi connectivity index (χ4v) is 7.22. The van der Waals surface area contributed by atoms with Crippen LogP contribution in [0.3, 0.4) is 0 Å². The molecule has 8 rings (SSSR count). The van der Waals surface area contributed by atoms with Gasteiger partial charge in [-0.15, -0.1) is 0 Å². The van der Waals surface area contributed by atoms with Crippen LogP contribution in [0.1, 0.15) is 61.6 Å². The van der Waals surface area contributed by atoms with Crippen molar-refractivity contribution in [3.05, 3.63) is 102 Å². The number of methoxy groups -OCH3 is 2. The average molecular weight is 688 g/mol. The summed E-state index contributed by atoms with van der Waals surface area (Å²) in [6.45, 7) is 3.18. The summed E-state index contributed by atoms with van der Waals surface area (Å²) < 4.78 is 33.8. The number of fused-ring (bicyclic) bond motifs is 3. The van der Waals surface area contributed by atoms with Crippen LogP contribution in [0.4, 0.5) is 5.82 Å². The monoisotopic (exact) mass is 687 g/mol. The summed E-state index contributed by atoms with van der Waals surface area (Å²) in [5.74, 6) is 2.48. The molecule has 1 N–H and O–H groups in total. The molecular weight excluding hydrogens is 642 g/mol. The lowest BCUT2D eigenvalue weighted by Crippen LogP contribution is -2.22. The molecule has 0 saturated carbocycles. The third kappa shape index (κ3) is 7.17. The number of aromatic nitrogens is 4. The quantitative estimate of drug-likeness (QED) is 0.137. The Balaban J connectivity index is 1.24. The standard InChI is InChI=1S/C41H45N5O5/c1-47-32-14-9-28(10-15-32)25-42-41-35-24-31(27-51-39-8-4-6-22-50-39)45(26-29-11-16-33(48-2)17-12-29)40(35)34-18-13-30(23-36(34)44-41)37-19-20-43-46(37)38-7-3-5-21-49-38/h9-20,23-24,38-39H,3-8,21-22,25-27H2,1-2H3,(H,42,44). The van der Waals surface area contributed by atoms with Gasteiger partial charge < -0.3 is 33.6 Å². The molecule has 0 bridgehead atoms. The number of pyridine rings is 1. The summed E-state index contributed by atoms with van der Waals surface area (Å²) in [7, 11) is 3.38. The number of nitrogens with zero attached hydrogens (tertiary/aromatic N) is 4. The van der Waals surface area contributed by atoms with E-state index in [-0.39, 0.29) is 12.5 Å². The predicted molar refractivity (Wildman–Crippen MR) is 198 cm³/mol. The van der Waals surface area contributed by atoms with Crippen LogP contribution in [0.15, 0.2) is 85.1 Å². The van der Waals surface area contributed by atoms with Crippen molar-refractivity contribution in [2.24, 2.45) is 0 Å². The Bertz CT molecular complexity index is 2080. The van der Waals surface area contributed by atoms with E-state index in [2.05, 4.69) is 69.6 Å². The van der Waals surface area contributed by atoms with Crippen molar-refractivity contribution in [2.45, 2.75) is 70.7 Å². The van der Waals surface area contributed by atoms with Gasteiger partial charge in [0.05, 0.1) is 37.6 Å². The van der Waals surface area contributed by atoms with Gasteiger partial charge in [0.25, 0.3) is 0 Å². The zero-order valence-corrected chi connectivity index (χ0v) is 29.3. The molecule has 2 atom stereocenters. The van der Waals surface area contributed by atoms with Crippen LogP contribution in [0.2, 0.25) is 0 Å². The van der Waals surface area contributed by atoms with Gasteiger partial charge in [0.2, 0.25) is 0 Å². The van der Waals surface area contributed by atoms with E-state index in [1.807, 2.05) is 35.1 Å². The predicted octanol–water partition coefficient (Wildman–Crippen LogP) is 8.47. The van der Waals surface area contributed by atoms with E-state index in [1.165, 1.54) is 0 Å². The maximum Gasteiger partial charge on any atom is 0.158 e. The van der Waals surface area contributed by atoms with Crippen LogP contribution in [-0.4, -0.2) is 53.1 Å². The second-order valence-electron chi connectivity index (χ2n) is 13.3. The maximum atomic E-state index is 6.42. The molecule has 264 valence electrons. The molecule has 0 spiro atoms. The molecule has 10 heteroatoms. The van der Waals surface area contributed by atoms with Crippen molar-refractivity contribution < 1.29 is 23.7 Å². The van der Waals surface area contributed by atoms with Crippen molar-refractivity contribution in [2.75, 3.05) is 32.8 Å². The Kier molecular flexibility index (Phi) is 9.88. The normalized spacial score (nSPS) is 17.9. The Labute approximate surface area is 298 Å². The average Bonchev–Trinajstić information content (AvgIpc) is 3.83. The molecule has 2 aliphatic rings. The van der Waals surface area contributed by atoms with Crippen molar-refractivity contribution in [3.63, 3.8) is 0 Å². The van der Waals surface area contributed by atoms with Crippen molar-refractivity contribution in [3.8, 4) is 22.8 Å². The molecule has 3 aromatic carbocycles. The summed E-state index contributed by atoms with van der Waals surface area (Å²) in [4.78, 5) is 5.31. The van der Waals surface area contributed by atoms with Gasteiger partial charge in [0.15, 0.2) is 12.5 Å². The van der Waals surface area contributed by atoms with Crippen LogP contribution in [0, 0.1) is 0 Å². The molecular formula is C41H45N5O5. The molecule has 10 nitrogen and oxygen atoms in total. The van der Waals surface area contributed by atoms with Crippen LogP contribution in [0.25, 0.3) is 33.1 Å². The highest BCUT2D eigenvalue weighted by molar-refractivity contribution is 6.10. The number of anilines is 1. The number of benzene rings is 3. The molecule has 0 amide bonds. The van der Waals surface area contributed by atoms with Crippen LogP contribution < -0.4 is 14.8 Å². The molecule has 0 radical (unpaired) electrons. The summed E-state index contributed by atoms with van der Waals surface area (Å²) in [5.41, 5.74) is 7.43. The highest BCUT2D eigenvalue weighted by Gasteiger charge is 2.23. The second kappa shape index (κ2) is 15.1. The Hall–Kier alpha value is -4.90. The third-order valence-corrected chi connectivity index (χ3v) is 9.99. The van der Waals surface area contributed by atoms with Gasteiger partial charge in [-0.3, -0.25) is 0 Å². The van der Waals surface area contributed by atoms with Crippen LogP contribution >= 0.6 is 0 Å². The summed E-state index contributed by atoms with van der Waals surface area (Å²) in [6, 6.07) is 27.3. The van der Waals surface area contributed by atoms with E-state index in [0.29, 0.717) is 19.7 Å². The zero-order valence-electron chi connectivity index (χ0n) is 29.3. The van der Waals surface area contributed by atoms with Crippen molar-refractivity contribution in [1.82, 2.24) is 19.3 Å². The van der Waals surface area contributed by atoms with Crippen molar-refractivity contribution in [1.29, 1.82) is 0 Å². The van der Waals surface area contributed by atoms with Gasteiger partial charge in [0.1, 0.15) is 17.3 Å². The van der Waals surface area contributed by atoms with Gasteiger partial charge in [-0.1, -0.05) is 36.4 Å². The van der Waals surface area contributed by atoms with E-state index < -0.39 is 0 Å². The molecule has 2 saturated heterocycles. The smallest absolute Gasteiger partial charge is 0.158 e. The van der Waals surface area contributed by atoms with Gasteiger partial charge in [0, 0.05) is 54.5 Å². The second-order valence-corrected chi connectivity index (χ2v) is 13.3. The van der Waals surface area contributed by atoms with E-state index in [9.17, 15) is 0 Å². The third-order valence-electron chi connectivity index (χ3n) is 9.99. The molecule has 2 aliphatic heterocycles. The lowest BCUT2D eigenvalue weighted by atomic mass is 10.1. The maximum absolute atomic E-state index is 6.42.